The SMILES string of the molecule is C=C(C)C(=O)OCOCC[Si](C)(OC)OC. The lowest BCUT2D eigenvalue weighted by Gasteiger charge is -2.22. The van der Waals surface area contributed by atoms with E-state index in [1.807, 2.05) is 6.55 Å². The highest BCUT2D eigenvalue weighted by molar-refractivity contribution is 6.65. The molecule has 0 aromatic carbocycles. The molecule has 0 aromatic heterocycles. The van der Waals surface area contributed by atoms with Crippen molar-refractivity contribution in [2.45, 2.75) is 19.5 Å². The maximum atomic E-state index is 11.0. The summed E-state index contributed by atoms with van der Waals surface area (Å²) in [6, 6.07) is 0.685. The summed E-state index contributed by atoms with van der Waals surface area (Å²) in [5.74, 6) is -0.446. The van der Waals surface area contributed by atoms with E-state index in [2.05, 4.69) is 6.58 Å². The van der Waals surface area contributed by atoms with Gasteiger partial charge in [-0.25, -0.2) is 4.79 Å². The second-order valence-electron chi connectivity index (χ2n) is 3.53. The summed E-state index contributed by atoms with van der Waals surface area (Å²) in [6.07, 6.45) is 0. The zero-order valence-electron chi connectivity index (χ0n) is 10.4. The zero-order chi connectivity index (χ0) is 12.6. The molecule has 0 aliphatic heterocycles. The van der Waals surface area contributed by atoms with Crippen LogP contribution in [0.15, 0.2) is 12.2 Å². The Kier molecular flexibility index (Phi) is 7.23. The molecule has 0 aliphatic carbocycles. The van der Waals surface area contributed by atoms with Crippen LogP contribution >= 0.6 is 0 Å². The van der Waals surface area contributed by atoms with Crippen molar-refractivity contribution in [1.29, 1.82) is 0 Å². The standard InChI is InChI=1S/C10H20O5Si/c1-9(2)10(11)15-8-14-6-7-16(5,12-3)13-4/h1,6-8H2,2-5H3. The van der Waals surface area contributed by atoms with Gasteiger partial charge >= 0.3 is 14.5 Å². The van der Waals surface area contributed by atoms with E-state index < -0.39 is 14.5 Å². The molecule has 0 aromatic rings. The molecule has 0 amide bonds. The van der Waals surface area contributed by atoms with Crippen LogP contribution in [0.4, 0.5) is 0 Å². The maximum absolute atomic E-state index is 11.0. The van der Waals surface area contributed by atoms with Crippen LogP contribution in [0.3, 0.4) is 0 Å². The Labute approximate surface area is 97.6 Å². The smallest absolute Gasteiger partial charge is 0.336 e. The molecular formula is C10H20O5Si. The van der Waals surface area contributed by atoms with E-state index >= 15 is 0 Å². The number of hydrogen-bond donors (Lipinski definition) is 0. The van der Waals surface area contributed by atoms with Crippen molar-refractivity contribution in [3.05, 3.63) is 12.2 Å². The van der Waals surface area contributed by atoms with E-state index in [0.29, 0.717) is 18.2 Å². The molecule has 0 spiro atoms. The summed E-state index contributed by atoms with van der Waals surface area (Å²) < 4.78 is 20.4. The second kappa shape index (κ2) is 7.56. The van der Waals surface area contributed by atoms with Crippen molar-refractivity contribution < 1.29 is 23.1 Å². The fourth-order valence-electron chi connectivity index (χ4n) is 0.822. The van der Waals surface area contributed by atoms with E-state index in [4.69, 9.17) is 18.3 Å². The van der Waals surface area contributed by atoms with Gasteiger partial charge in [-0.15, -0.1) is 0 Å². The molecular weight excluding hydrogens is 228 g/mol. The van der Waals surface area contributed by atoms with E-state index in [1.165, 1.54) is 0 Å². The van der Waals surface area contributed by atoms with Crippen molar-refractivity contribution in [3.8, 4) is 0 Å². The van der Waals surface area contributed by atoms with Crippen molar-refractivity contribution in [3.63, 3.8) is 0 Å². The van der Waals surface area contributed by atoms with Gasteiger partial charge in [-0.1, -0.05) is 6.58 Å². The monoisotopic (exact) mass is 248 g/mol. The van der Waals surface area contributed by atoms with Gasteiger partial charge in [0.1, 0.15) is 0 Å². The Hall–Kier alpha value is -0.693. The highest BCUT2D eigenvalue weighted by atomic mass is 28.4. The summed E-state index contributed by atoms with van der Waals surface area (Å²) in [4.78, 5) is 11.0. The Morgan fingerprint density at radius 1 is 1.31 bits per heavy atom. The highest BCUT2D eigenvalue weighted by Crippen LogP contribution is 2.10. The van der Waals surface area contributed by atoms with Crippen molar-refractivity contribution in [1.82, 2.24) is 0 Å². The molecule has 0 atom stereocenters. The third-order valence-corrected chi connectivity index (χ3v) is 5.03. The fraction of sp³-hybridized carbons (Fsp3) is 0.700. The minimum absolute atomic E-state index is 0.0659. The van der Waals surface area contributed by atoms with E-state index in [1.54, 1.807) is 21.1 Å². The molecule has 0 radical (unpaired) electrons. The van der Waals surface area contributed by atoms with Gasteiger partial charge in [-0.2, -0.15) is 0 Å². The van der Waals surface area contributed by atoms with Crippen LogP contribution in [0.2, 0.25) is 12.6 Å². The van der Waals surface area contributed by atoms with Crippen molar-refractivity contribution in [2.75, 3.05) is 27.6 Å². The maximum Gasteiger partial charge on any atom is 0.336 e. The number of rotatable bonds is 8. The molecule has 5 nitrogen and oxygen atoms in total. The van der Waals surface area contributed by atoms with Gasteiger partial charge in [0.15, 0.2) is 6.79 Å². The normalized spacial score (nSPS) is 11.2. The van der Waals surface area contributed by atoms with Gasteiger partial charge in [-0.05, 0) is 13.5 Å². The first-order valence-corrected chi connectivity index (χ1v) is 7.48. The summed E-state index contributed by atoms with van der Waals surface area (Å²) in [6.45, 7) is 7.36. The van der Waals surface area contributed by atoms with Gasteiger partial charge in [-0.3, -0.25) is 0 Å². The third-order valence-electron chi connectivity index (χ3n) is 2.19. The van der Waals surface area contributed by atoms with Crippen LogP contribution in [0, 0.1) is 0 Å². The van der Waals surface area contributed by atoms with Gasteiger partial charge in [0.2, 0.25) is 0 Å². The van der Waals surface area contributed by atoms with Crippen molar-refractivity contribution >= 4 is 14.5 Å². The molecule has 0 fully saturated rings. The predicted octanol–water partition coefficient (Wildman–Crippen LogP) is 1.44. The lowest BCUT2D eigenvalue weighted by atomic mass is 10.4. The average Bonchev–Trinajstić information content (AvgIpc) is 2.27. The lowest BCUT2D eigenvalue weighted by molar-refractivity contribution is -0.151. The first kappa shape index (κ1) is 15.3. The largest absolute Gasteiger partial charge is 0.435 e. The molecule has 6 heteroatoms. The molecule has 0 aliphatic rings. The van der Waals surface area contributed by atoms with Gasteiger partial charge < -0.3 is 18.3 Å². The van der Waals surface area contributed by atoms with Crippen LogP contribution in [0.5, 0.6) is 0 Å². The molecule has 0 heterocycles. The van der Waals surface area contributed by atoms with E-state index in [0.717, 1.165) is 0 Å². The Balaban J connectivity index is 3.61. The summed E-state index contributed by atoms with van der Waals surface area (Å²) in [7, 11) is 1.16. The first-order chi connectivity index (χ1) is 7.45. The van der Waals surface area contributed by atoms with Gasteiger partial charge in [0.05, 0.1) is 6.61 Å². The summed E-state index contributed by atoms with van der Waals surface area (Å²) in [5.41, 5.74) is 0.358. The number of hydrogen-bond acceptors (Lipinski definition) is 5. The molecule has 0 unspecified atom stereocenters. The minimum Gasteiger partial charge on any atom is -0.435 e. The molecule has 0 saturated carbocycles. The number of carbonyl (C=O) groups is 1. The van der Waals surface area contributed by atoms with Crippen LogP contribution in [-0.2, 0) is 23.1 Å². The highest BCUT2D eigenvalue weighted by Gasteiger charge is 2.28. The summed E-state index contributed by atoms with van der Waals surface area (Å²) in [5, 5.41) is 0. The molecule has 94 valence electrons. The Morgan fingerprint density at radius 2 is 1.88 bits per heavy atom. The number of esters is 1. The van der Waals surface area contributed by atoms with E-state index in [-0.39, 0.29) is 6.79 Å². The average molecular weight is 248 g/mol. The Bertz CT molecular complexity index is 237. The first-order valence-electron chi connectivity index (χ1n) is 4.96. The zero-order valence-corrected chi connectivity index (χ0v) is 11.4. The van der Waals surface area contributed by atoms with Gasteiger partial charge in [0, 0.05) is 25.8 Å². The van der Waals surface area contributed by atoms with Gasteiger partial charge in [0.25, 0.3) is 0 Å². The predicted molar refractivity (Wildman–Crippen MR) is 62.2 cm³/mol. The third kappa shape index (κ3) is 6.01. The number of ether oxygens (including phenoxy) is 2. The number of carbonyl (C=O) groups excluding carboxylic acids is 1. The summed E-state index contributed by atoms with van der Waals surface area (Å²) >= 11 is 0. The van der Waals surface area contributed by atoms with Crippen LogP contribution < -0.4 is 0 Å². The van der Waals surface area contributed by atoms with Crippen LogP contribution in [0.1, 0.15) is 6.92 Å². The topological polar surface area (TPSA) is 54.0 Å². The molecule has 0 bridgehead atoms. The minimum atomic E-state index is -2.08. The quantitative estimate of drug-likeness (QED) is 0.214. The molecule has 0 saturated heterocycles. The lowest BCUT2D eigenvalue weighted by Crippen LogP contribution is -2.37. The van der Waals surface area contributed by atoms with Crippen LogP contribution in [-0.4, -0.2) is 42.1 Å². The second-order valence-corrected chi connectivity index (χ2v) is 7.11. The molecule has 16 heavy (non-hydrogen) atoms. The van der Waals surface area contributed by atoms with Crippen LogP contribution in [0.25, 0.3) is 0 Å². The van der Waals surface area contributed by atoms with Crippen molar-refractivity contribution in [2.24, 2.45) is 0 Å². The van der Waals surface area contributed by atoms with E-state index in [9.17, 15) is 4.79 Å². The molecule has 0 N–H and O–H groups in total. The fourth-order valence-corrected chi connectivity index (χ4v) is 1.91. The Morgan fingerprint density at radius 3 is 2.31 bits per heavy atom. The molecule has 0 rings (SSSR count).